The summed E-state index contributed by atoms with van der Waals surface area (Å²) in [7, 11) is 0. The number of carbonyl (C=O) groups excluding carboxylic acids is 2. The molecule has 2 unspecified atom stereocenters. The molecular weight excluding hydrogens is 478 g/mol. The van der Waals surface area contributed by atoms with Crippen LogP contribution in [0.4, 0.5) is 0 Å². The van der Waals surface area contributed by atoms with E-state index < -0.39 is 11.4 Å². The summed E-state index contributed by atoms with van der Waals surface area (Å²) in [5.74, 6) is -0.853. The van der Waals surface area contributed by atoms with Crippen molar-refractivity contribution < 1.29 is 19.5 Å². The topological polar surface area (TPSA) is 81.2 Å². The Balaban J connectivity index is 1.18. The lowest BCUT2D eigenvalue weighted by Gasteiger charge is -2.45. The average Bonchev–Trinajstić information content (AvgIpc) is 3.14. The Hall–Kier alpha value is -3.45. The van der Waals surface area contributed by atoms with E-state index in [1.165, 1.54) is 0 Å². The highest BCUT2D eigenvalue weighted by atomic mass is 16.4. The number of rotatable bonds is 4. The number of benzene rings is 3. The first-order chi connectivity index (χ1) is 18.4. The molecule has 3 aliphatic heterocycles. The molecule has 7 heteroatoms. The van der Waals surface area contributed by atoms with Gasteiger partial charge >= 0.3 is 5.97 Å². The van der Waals surface area contributed by atoms with Gasteiger partial charge in [-0.1, -0.05) is 48.5 Å². The molecule has 3 saturated heterocycles. The summed E-state index contributed by atoms with van der Waals surface area (Å²) in [6.45, 7) is 4.79. The Morgan fingerprint density at radius 3 is 2.24 bits per heavy atom. The van der Waals surface area contributed by atoms with E-state index in [0.717, 1.165) is 65.8 Å². The van der Waals surface area contributed by atoms with Gasteiger partial charge < -0.3 is 14.9 Å². The Bertz CT molecular complexity index is 1360. The first-order valence-electron chi connectivity index (χ1n) is 13.8. The second-order valence-electron chi connectivity index (χ2n) is 11.5. The number of amides is 2. The average molecular weight is 514 g/mol. The second-order valence-corrected chi connectivity index (χ2v) is 11.5. The Morgan fingerprint density at radius 2 is 1.61 bits per heavy atom. The quantitative estimate of drug-likeness (QED) is 0.524. The van der Waals surface area contributed by atoms with Gasteiger partial charge in [-0.15, -0.1) is 0 Å². The molecule has 198 valence electrons. The zero-order valence-electron chi connectivity index (χ0n) is 21.9. The fourth-order valence-electron chi connectivity index (χ4n) is 7.30. The van der Waals surface area contributed by atoms with Crippen molar-refractivity contribution in [2.45, 2.75) is 51.1 Å². The molecule has 2 atom stereocenters. The summed E-state index contributed by atoms with van der Waals surface area (Å²) in [4.78, 5) is 44.6. The smallest absolute Gasteiger partial charge is 0.323 e. The minimum Gasteiger partial charge on any atom is -0.480 e. The van der Waals surface area contributed by atoms with Gasteiger partial charge in [0.25, 0.3) is 5.91 Å². The molecule has 3 heterocycles. The summed E-state index contributed by atoms with van der Waals surface area (Å²) in [6, 6.07) is 18.7. The molecule has 1 N–H and O–H groups in total. The zero-order valence-corrected chi connectivity index (χ0v) is 21.9. The van der Waals surface area contributed by atoms with E-state index in [2.05, 4.69) is 23.1 Å². The molecule has 38 heavy (non-hydrogen) atoms. The normalized spacial score (nSPS) is 25.1. The van der Waals surface area contributed by atoms with Gasteiger partial charge in [0, 0.05) is 31.7 Å². The molecule has 3 aliphatic rings. The van der Waals surface area contributed by atoms with E-state index in [0.29, 0.717) is 25.7 Å². The largest absolute Gasteiger partial charge is 0.480 e. The van der Waals surface area contributed by atoms with Gasteiger partial charge in [-0.2, -0.15) is 0 Å². The van der Waals surface area contributed by atoms with Crippen molar-refractivity contribution in [3.8, 4) is 0 Å². The summed E-state index contributed by atoms with van der Waals surface area (Å²) in [5.41, 5.74) is 0.320. The van der Waals surface area contributed by atoms with Crippen molar-refractivity contribution in [3.05, 3.63) is 60.2 Å². The lowest BCUT2D eigenvalue weighted by molar-refractivity contribution is -0.148. The first kappa shape index (κ1) is 24.9. The Morgan fingerprint density at radius 1 is 0.974 bits per heavy atom. The van der Waals surface area contributed by atoms with Gasteiger partial charge in [-0.3, -0.25) is 19.3 Å². The van der Waals surface area contributed by atoms with E-state index in [9.17, 15) is 19.5 Å². The van der Waals surface area contributed by atoms with Crippen LogP contribution in [0.2, 0.25) is 0 Å². The summed E-state index contributed by atoms with van der Waals surface area (Å²) in [6.07, 6.45) is 4.26. The third-order valence-electron chi connectivity index (χ3n) is 9.10. The molecule has 3 fully saturated rings. The summed E-state index contributed by atoms with van der Waals surface area (Å²) >= 11 is 0. The standard InChI is InChI=1S/C31H35N3O4/c1-21-18-31(30(38)34(21)19-27(35)36)13-6-14-33(20-31)24-11-15-32(16-12-24)29(37)28-25-9-4-2-7-22(25)17-23-8-3-5-10-26(23)28/h2-5,7-10,17,21,24H,6,11-16,18-20H2,1H3,(H,35,36). The van der Waals surface area contributed by atoms with E-state index in [1.807, 2.05) is 48.2 Å². The molecule has 0 aliphatic carbocycles. The minimum absolute atomic E-state index is 0.00699. The van der Waals surface area contributed by atoms with Crippen molar-refractivity contribution in [2.75, 3.05) is 32.7 Å². The van der Waals surface area contributed by atoms with Crippen LogP contribution in [0.3, 0.4) is 0 Å². The second kappa shape index (κ2) is 9.70. The molecule has 3 aromatic carbocycles. The molecular formula is C31H35N3O4. The van der Waals surface area contributed by atoms with Crippen molar-refractivity contribution in [1.29, 1.82) is 0 Å². The molecule has 2 amide bonds. The maximum atomic E-state index is 13.9. The number of piperidine rings is 2. The van der Waals surface area contributed by atoms with Crippen LogP contribution in [-0.2, 0) is 9.59 Å². The van der Waals surface area contributed by atoms with Crippen LogP contribution in [0.25, 0.3) is 21.5 Å². The Kier molecular flexibility index (Phi) is 6.34. The minimum atomic E-state index is -0.953. The lowest BCUT2D eigenvalue weighted by atomic mass is 9.76. The molecule has 1 spiro atoms. The lowest BCUT2D eigenvalue weighted by Crippen LogP contribution is -2.54. The van der Waals surface area contributed by atoms with Crippen LogP contribution < -0.4 is 0 Å². The van der Waals surface area contributed by atoms with Crippen molar-refractivity contribution in [1.82, 2.24) is 14.7 Å². The van der Waals surface area contributed by atoms with Crippen LogP contribution in [-0.4, -0.2) is 82.4 Å². The highest BCUT2D eigenvalue weighted by molar-refractivity contribution is 6.18. The predicted octanol–water partition coefficient (Wildman–Crippen LogP) is 4.39. The van der Waals surface area contributed by atoms with Gasteiger partial charge in [-0.05, 0) is 73.2 Å². The zero-order chi connectivity index (χ0) is 26.4. The number of carboxylic acid groups (broad SMARTS) is 1. The van der Waals surface area contributed by atoms with Crippen LogP contribution >= 0.6 is 0 Å². The van der Waals surface area contributed by atoms with Crippen molar-refractivity contribution in [2.24, 2.45) is 5.41 Å². The molecule has 0 saturated carbocycles. The number of hydrogen-bond acceptors (Lipinski definition) is 4. The van der Waals surface area contributed by atoms with Crippen LogP contribution in [0.1, 0.15) is 49.4 Å². The van der Waals surface area contributed by atoms with Crippen LogP contribution in [0.15, 0.2) is 54.6 Å². The molecule has 3 aromatic rings. The monoisotopic (exact) mass is 513 g/mol. The third-order valence-corrected chi connectivity index (χ3v) is 9.10. The third kappa shape index (κ3) is 4.23. The fourth-order valence-corrected chi connectivity index (χ4v) is 7.30. The van der Waals surface area contributed by atoms with E-state index >= 15 is 0 Å². The highest BCUT2D eigenvalue weighted by Gasteiger charge is 2.52. The maximum Gasteiger partial charge on any atom is 0.323 e. The number of carboxylic acids is 1. The SMILES string of the molecule is CC1CC2(CCCN(C3CCN(C(=O)c4c5ccccc5cc5ccccc45)CC3)C2)C(=O)N1CC(=O)O. The van der Waals surface area contributed by atoms with Crippen molar-refractivity contribution in [3.63, 3.8) is 0 Å². The van der Waals surface area contributed by atoms with Crippen LogP contribution in [0.5, 0.6) is 0 Å². The summed E-state index contributed by atoms with van der Waals surface area (Å²) < 4.78 is 0. The number of aliphatic carboxylic acids is 1. The molecule has 0 bridgehead atoms. The van der Waals surface area contributed by atoms with E-state index in [1.54, 1.807) is 4.90 Å². The number of fused-ring (bicyclic) bond motifs is 2. The van der Waals surface area contributed by atoms with Crippen molar-refractivity contribution >= 4 is 39.3 Å². The van der Waals surface area contributed by atoms with Gasteiger partial charge in [0.1, 0.15) is 6.54 Å². The van der Waals surface area contributed by atoms with E-state index in [-0.39, 0.29) is 24.4 Å². The van der Waals surface area contributed by atoms with Gasteiger partial charge in [-0.25, -0.2) is 0 Å². The van der Waals surface area contributed by atoms with Gasteiger partial charge in [0.15, 0.2) is 0 Å². The molecule has 0 aromatic heterocycles. The number of likely N-dealkylation sites (tertiary alicyclic amines) is 3. The number of carbonyl (C=O) groups is 3. The van der Waals surface area contributed by atoms with Gasteiger partial charge in [0.05, 0.1) is 11.0 Å². The molecule has 6 rings (SSSR count). The summed E-state index contributed by atoms with van der Waals surface area (Å²) in [5, 5.41) is 13.4. The number of hydrogen-bond donors (Lipinski definition) is 1. The molecule has 0 radical (unpaired) electrons. The Labute approximate surface area is 223 Å². The van der Waals surface area contributed by atoms with Crippen LogP contribution in [0, 0.1) is 5.41 Å². The maximum absolute atomic E-state index is 13.9. The number of nitrogens with zero attached hydrogens (tertiary/aromatic N) is 3. The molecule has 7 nitrogen and oxygen atoms in total. The highest BCUT2D eigenvalue weighted by Crippen LogP contribution is 2.44. The fraction of sp³-hybridized carbons (Fsp3) is 0.452. The predicted molar refractivity (Wildman–Crippen MR) is 147 cm³/mol. The van der Waals surface area contributed by atoms with Gasteiger partial charge in [0.2, 0.25) is 5.91 Å². The van der Waals surface area contributed by atoms with E-state index in [4.69, 9.17) is 0 Å². The first-order valence-corrected chi connectivity index (χ1v) is 13.8.